The Morgan fingerprint density at radius 2 is 2.00 bits per heavy atom. The zero-order valence-electron chi connectivity index (χ0n) is 18.2. The molecular formula is C24H27N7O. The molecule has 4 heterocycles. The summed E-state index contributed by atoms with van der Waals surface area (Å²) in [5, 5.41) is 8.91. The predicted molar refractivity (Wildman–Crippen MR) is 124 cm³/mol. The average Bonchev–Trinajstić information content (AvgIpc) is 3.14. The van der Waals surface area contributed by atoms with Crippen molar-refractivity contribution in [3.63, 3.8) is 0 Å². The summed E-state index contributed by atoms with van der Waals surface area (Å²) in [5.41, 5.74) is 12.0. The molecule has 8 nitrogen and oxygen atoms in total. The summed E-state index contributed by atoms with van der Waals surface area (Å²) in [7, 11) is 2.05. The molecule has 1 aliphatic heterocycles. The van der Waals surface area contributed by atoms with Crippen molar-refractivity contribution in [2.45, 2.75) is 32.1 Å². The van der Waals surface area contributed by atoms with Gasteiger partial charge in [0.2, 0.25) is 0 Å². The van der Waals surface area contributed by atoms with Crippen LogP contribution in [0.1, 0.15) is 37.8 Å². The highest BCUT2D eigenvalue weighted by Crippen LogP contribution is 2.48. The maximum atomic E-state index is 10.6. The number of nitrogens with zero attached hydrogens (tertiary/aromatic N) is 6. The van der Waals surface area contributed by atoms with Crippen molar-refractivity contribution < 1.29 is 4.79 Å². The standard InChI is InChI=1S/C24H27N7O/c1-30-21(17-3-6-24(7-4-17)8-12-31(13-9-24)11-2-14-32)19(18-5-10-28-29-15-18)20-22(25)26-16-27-23(20)30/h2-3,5,10-11,14-16H,4,6-9,12-13H2,1H3,(H2,25,26,27). The Kier molecular flexibility index (Phi) is 5.20. The van der Waals surface area contributed by atoms with Gasteiger partial charge in [0.25, 0.3) is 0 Å². The van der Waals surface area contributed by atoms with Gasteiger partial charge in [-0.15, -0.1) is 0 Å². The Morgan fingerprint density at radius 1 is 1.16 bits per heavy atom. The number of piperidine rings is 1. The van der Waals surface area contributed by atoms with E-state index in [0.29, 0.717) is 11.2 Å². The number of likely N-dealkylation sites (tertiary alicyclic amines) is 1. The number of aromatic nitrogens is 5. The number of nitrogen functional groups attached to an aromatic ring is 1. The van der Waals surface area contributed by atoms with Crippen molar-refractivity contribution in [2.75, 3.05) is 18.8 Å². The van der Waals surface area contributed by atoms with Crippen LogP contribution in [0.5, 0.6) is 0 Å². The molecule has 2 N–H and O–H groups in total. The molecule has 164 valence electrons. The number of carbonyl (C=O) groups is 1. The molecule has 5 rings (SSSR count). The van der Waals surface area contributed by atoms with Crippen molar-refractivity contribution >= 4 is 28.7 Å². The number of hydrogen-bond acceptors (Lipinski definition) is 7. The highest BCUT2D eigenvalue weighted by molar-refractivity contribution is 6.05. The molecule has 32 heavy (non-hydrogen) atoms. The highest BCUT2D eigenvalue weighted by atomic mass is 16.1. The molecule has 0 radical (unpaired) electrons. The van der Waals surface area contributed by atoms with E-state index in [9.17, 15) is 4.79 Å². The van der Waals surface area contributed by atoms with Gasteiger partial charge in [0.15, 0.2) is 0 Å². The van der Waals surface area contributed by atoms with E-state index in [1.54, 1.807) is 18.5 Å². The third-order valence-corrected chi connectivity index (χ3v) is 7.11. The van der Waals surface area contributed by atoms with Crippen molar-refractivity contribution in [3.05, 3.63) is 48.8 Å². The van der Waals surface area contributed by atoms with Crippen LogP contribution < -0.4 is 5.73 Å². The van der Waals surface area contributed by atoms with Crippen molar-refractivity contribution in [2.24, 2.45) is 12.5 Å². The zero-order valence-corrected chi connectivity index (χ0v) is 18.2. The largest absolute Gasteiger partial charge is 0.383 e. The Morgan fingerprint density at radius 3 is 2.69 bits per heavy atom. The van der Waals surface area contributed by atoms with E-state index in [2.05, 4.69) is 35.7 Å². The van der Waals surface area contributed by atoms with Crippen molar-refractivity contribution in [1.82, 2.24) is 29.6 Å². The molecule has 0 bridgehead atoms. The van der Waals surface area contributed by atoms with Crippen molar-refractivity contribution in [1.29, 1.82) is 0 Å². The number of rotatable bonds is 4. The zero-order chi connectivity index (χ0) is 22.1. The molecular weight excluding hydrogens is 402 g/mol. The molecule has 2 aliphatic rings. The lowest BCUT2D eigenvalue weighted by atomic mass is 9.68. The van der Waals surface area contributed by atoms with Crippen LogP contribution in [0.2, 0.25) is 0 Å². The van der Waals surface area contributed by atoms with E-state index in [4.69, 9.17) is 5.73 Å². The number of anilines is 1. The molecule has 0 atom stereocenters. The Balaban J connectivity index is 1.51. The maximum absolute atomic E-state index is 10.6. The van der Waals surface area contributed by atoms with Gasteiger partial charge in [0.05, 0.1) is 23.5 Å². The fourth-order valence-electron chi connectivity index (χ4n) is 5.29. The van der Waals surface area contributed by atoms with Gasteiger partial charge in [0, 0.05) is 37.5 Å². The van der Waals surface area contributed by atoms with E-state index in [0.717, 1.165) is 79.3 Å². The smallest absolute Gasteiger partial charge is 0.146 e. The summed E-state index contributed by atoms with van der Waals surface area (Å²) >= 11 is 0. The second-order valence-electron chi connectivity index (χ2n) is 8.82. The first kappa shape index (κ1) is 20.4. The minimum Gasteiger partial charge on any atom is -0.383 e. The minimum absolute atomic E-state index is 0.344. The molecule has 0 amide bonds. The third kappa shape index (κ3) is 3.45. The highest BCUT2D eigenvalue weighted by Gasteiger charge is 2.36. The third-order valence-electron chi connectivity index (χ3n) is 7.11. The summed E-state index contributed by atoms with van der Waals surface area (Å²) in [5.74, 6) is 0.479. The van der Waals surface area contributed by atoms with Crippen LogP contribution in [-0.4, -0.2) is 49.0 Å². The van der Waals surface area contributed by atoms with Crippen LogP contribution in [-0.2, 0) is 11.8 Å². The number of allylic oxidation sites excluding steroid dienone is 3. The molecule has 0 unspecified atom stereocenters. The van der Waals surface area contributed by atoms with Crippen LogP contribution in [0.4, 0.5) is 5.82 Å². The van der Waals surface area contributed by atoms with E-state index in [1.165, 1.54) is 11.9 Å². The lowest BCUT2D eigenvalue weighted by Crippen LogP contribution is -2.38. The van der Waals surface area contributed by atoms with Gasteiger partial charge in [0.1, 0.15) is 24.1 Å². The first-order chi connectivity index (χ1) is 15.6. The average molecular weight is 430 g/mol. The van der Waals surface area contributed by atoms with Gasteiger partial charge in [-0.1, -0.05) is 6.08 Å². The first-order valence-corrected chi connectivity index (χ1v) is 11.0. The van der Waals surface area contributed by atoms with E-state index in [1.807, 2.05) is 19.3 Å². The van der Waals surface area contributed by atoms with Gasteiger partial charge in [-0.05, 0) is 55.2 Å². The van der Waals surface area contributed by atoms with Gasteiger partial charge < -0.3 is 15.2 Å². The summed E-state index contributed by atoms with van der Waals surface area (Å²) < 4.78 is 2.14. The summed E-state index contributed by atoms with van der Waals surface area (Å²) in [4.78, 5) is 21.6. The molecule has 8 heteroatoms. The number of aldehydes is 1. The molecule has 1 spiro atoms. The summed E-state index contributed by atoms with van der Waals surface area (Å²) in [6.45, 7) is 2.00. The molecule has 0 aromatic carbocycles. The molecule has 3 aromatic heterocycles. The molecule has 1 fully saturated rings. The van der Waals surface area contributed by atoms with Gasteiger partial charge in [-0.2, -0.15) is 10.2 Å². The second kappa shape index (κ2) is 8.18. The van der Waals surface area contributed by atoms with Crippen LogP contribution >= 0.6 is 0 Å². The number of nitrogens with two attached hydrogens (primary N) is 1. The number of fused-ring (bicyclic) bond motifs is 1. The topological polar surface area (TPSA) is 103 Å². The summed E-state index contributed by atoms with van der Waals surface area (Å²) in [6.07, 6.45) is 17.3. The van der Waals surface area contributed by atoms with Crippen LogP contribution in [0.25, 0.3) is 27.7 Å². The molecule has 3 aromatic rings. The van der Waals surface area contributed by atoms with E-state index in [-0.39, 0.29) is 0 Å². The Labute approximate surface area is 186 Å². The maximum Gasteiger partial charge on any atom is 0.146 e. The predicted octanol–water partition coefficient (Wildman–Crippen LogP) is 3.37. The first-order valence-electron chi connectivity index (χ1n) is 11.0. The SMILES string of the molecule is Cn1c(C2=CCC3(CC2)CCN(C=CC=O)CC3)c(-c2ccnnc2)c2c(N)ncnc21. The number of aryl methyl sites for hydroxylation is 1. The quantitative estimate of drug-likeness (QED) is 0.501. The Bertz CT molecular complexity index is 1200. The lowest BCUT2D eigenvalue weighted by Gasteiger charge is -2.43. The fourth-order valence-corrected chi connectivity index (χ4v) is 5.29. The van der Waals surface area contributed by atoms with Crippen LogP contribution in [0.15, 0.2) is 43.1 Å². The molecule has 1 saturated heterocycles. The normalized spacial score (nSPS) is 18.4. The monoisotopic (exact) mass is 429 g/mol. The van der Waals surface area contributed by atoms with Gasteiger partial charge in [-0.25, -0.2) is 9.97 Å². The second-order valence-corrected chi connectivity index (χ2v) is 8.82. The van der Waals surface area contributed by atoms with Crippen LogP contribution in [0.3, 0.4) is 0 Å². The number of hydrogen-bond donors (Lipinski definition) is 1. The lowest BCUT2D eigenvalue weighted by molar-refractivity contribution is -0.104. The van der Waals surface area contributed by atoms with Crippen LogP contribution in [0, 0.1) is 5.41 Å². The fraction of sp³-hybridized carbons (Fsp3) is 0.375. The number of carbonyl (C=O) groups excluding carboxylic acids is 1. The van der Waals surface area contributed by atoms with Gasteiger partial charge >= 0.3 is 0 Å². The van der Waals surface area contributed by atoms with E-state index >= 15 is 0 Å². The minimum atomic E-state index is 0.344. The molecule has 0 saturated carbocycles. The van der Waals surface area contributed by atoms with Crippen molar-refractivity contribution in [3.8, 4) is 11.1 Å². The summed E-state index contributed by atoms with van der Waals surface area (Å²) in [6, 6.07) is 1.96. The molecule has 1 aliphatic carbocycles. The van der Waals surface area contributed by atoms with Gasteiger partial charge in [-0.3, -0.25) is 4.79 Å². The Hall–Kier alpha value is -3.55. The van der Waals surface area contributed by atoms with E-state index < -0.39 is 0 Å².